The van der Waals surface area contributed by atoms with Crippen LogP contribution in [0.3, 0.4) is 0 Å². The SMILES string of the molecule is CC(C)(O)c1nc(-c2ccn3c2CCCC3)no1. The quantitative estimate of drug-likeness (QED) is 0.882. The van der Waals surface area contributed by atoms with Gasteiger partial charge in [0.05, 0.1) is 0 Å². The van der Waals surface area contributed by atoms with Gasteiger partial charge in [-0.2, -0.15) is 4.98 Å². The minimum atomic E-state index is -1.09. The van der Waals surface area contributed by atoms with E-state index in [4.69, 9.17) is 4.52 Å². The first-order valence-electron chi connectivity index (χ1n) is 6.30. The average Bonchev–Trinajstić information content (AvgIpc) is 2.94. The van der Waals surface area contributed by atoms with Crippen molar-refractivity contribution in [1.82, 2.24) is 14.7 Å². The second kappa shape index (κ2) is 3.95. The molecule has 1 aliphatic rings. The van der Waals surface area contributed by atoms with Crippen LogP contribution in [0.15, 0.2) is 16.8 Å². The normalized spacial score (nSPS) is 15.7. The first-order valence-corrected chi connectivity index (χ1v) is 6.30. The Balaban J connectivity index is 2.00. The van der Waals surface area contributed by atoms with E-state index in [1.54, 1.807) is 13.8 Å². The molecule has 3 heterocycles. The van der Waals surface area contributed by atoms with Crippen molar-refractivity contribution in [3.05, 3.63) is 23.8 Å². The van der Waals surface area contributed by atoms with Gasteiger partial charge in [-0.25, -0.2) is 0 Å². The summed E-state index contributed by atoms with van der Waals surface area (Å²) in [6, 6.07) is 2.03. The van der Waals surface area contributed by atoms with E-state index in [2.05, 4.69) is 20.9 Å². The average molecular weight is 247 g/mol. The van der Waals surface area contributed by atoms with Crippen LogP contribution < -0.4 is 0 Å². The van der Waals surface area contributed by atoms with Crippen molar-refractivity contribution in [1.29, 1.82) is 0 Å². The Labute approximate surface area is 105 Å². The van der Waals surface area contributed by atoms with Crippen molar-refractivity contribution in [2.24, 2.45) is 0 Å². The number of hydrogen-bond donors (Lipinski definition) is 1. The molecule has 2 aromatic rings. The molecule has 18 heavy (non-hydrogen) atoms. The second-order valence-corrected chi connectivity index (χ2v) is 5.31. The molecule has 0 aliphatic carbocycles. The van der Waals surface area contributed by atoms with Crippen molar-refractivity contribution in [2.45, 2.75) is 45.3 Å². The maximum absolute atomic E-state index is 9.84. The minimum absolute atomic E-state index is 0.258. The summed E-state index contributed by atoms with van der Waals surface area (Å²) in [4.78, 5) is 4.29. The highest BCUT2D eigenvalue weighted by Crippen LogP contribution is 2.28. The van der Waals surface area contributed by atoms with Crippen LogP contribution in [0.1, 0.15) is 38.3 Å². The zero-order chi connectivity index (χ0) is 12.8. The van der Waals surface area contributed by atoms with Gasteiger partial charge in [-0.1, -0.05) is 5.16 Å². The molecule has 0 bridgehead atoms. The molecule has 96 valence electrons. The zero-order valence-corrected chi connectivity index (χ0v) is 10.7. The molecule has 2 aromatic heterocycles. The maximum Gasteiger partial charge on any atom is 0.258 e. The van der Waals surface area contributed by atoms with Gasteiger partial charge in [0.1, 0.15) is 5.60 Å². The van der Waals surface area contributed by atoms with E-state index < -0.39 is 5.60 Å². The first kappa shape index (κ1) is 11.5. The lowest BCUT2D eigenvalue weighted by atomic mass is 10.1. The number of aromatic nitrogens is 3. The molecule has 0 radical (unpaired) electrons. The maximum atomic E-state index is 9.84. The standard InChI is InChI=1S/C13H17N3O2/c1-13(2,17)12-14-11(15-18-12)9-6-8-16-7-4-3-5-10(9)16/h6,8,17H,3-5,7H2,1-2H3. The summed E-state index contributed by atoms with van der Waals surface area (Å²) in [6.07, 6.45) is 5.55. The lowest BCUT2D eigenvalue weighted by molar-refractivity contribution is 0.0420. The van der Waals surface area contributed by atoms with Crippen LogP contribution in [0.25, 0.3) is 11.4 Å². The van der Waals surface area contributed by atoms with Gasteiger partial charge in [0.2, 0.25) is 5.82 Å². The Morgan fingerprint density at radius 3 is 2.94 bits per heavy atom. The van der Waals surface area contributed by atoms with Crippen molar-refractivity contribution in [3.8, 4) is 11.4 Å². The highest BCUT2D eigenvalue weighted by atomic mass is 16.5. The van der Waals surface area contributed by atoms with Crippen LogP contribution in [0.4, 0.5) is 0 Å². The molecule has 0 saturated carbocycles. The molecular weight excluding hydrogens is 230 g/mol. The van der Waals surface area contributed by atoms with E-state index in [-0.39, 0.29) is 5.89 Å². The van der Waals surface area contributed by atoms with Gasteiger partial charge in [0, 0.05) is 24.0 Å². The highest BCUT2D eigenvalue weighted by Gasteiger charge is 2.26. The molecule has 0 fully saturated rings. The molecule has 0 aromatic carbocycles. The summed E-state index contributed by atoms with van der Waals surface area (Å²) in [5.41, 5.74) is 1.20. The van der Waals surface area contributed by atoms with Crippen LogP contribution in [0.2, 0.25) is 0 Å². The molecule has 0 atom stereocenters. The third-order valence-electron chi connectivity index (χ3n) is 3.33. The summed E-state index contributed by atoms with van der Waals surface area (Å²) in [6.45, 7) is 4.34. The molecule has 0 saturated heterocycles. The lowest BCUT2D eigenvalue weighted by Crippen LogP contribution is -2.15. The van der Waals surface area contributed by atoms with Gasteiger partial charge in [-0.05, 0) is 39.2 Å². The fourth-order valence-electron chi connectivity index (χ4n) is 2.35. The molecule has 3 rings (SSSR count). The third kappa shape index (κ3) is 1.84. The largest absolute Gasteiger partial charge is 0.381 e. The van der Waals surface area contributed by atoms with Crippen molar-refractivity contribution in [2.75, 3.05) is 0 Å². The number of fused-ring (bicyclic) bond motifs is 1. The Kier molecular flexibility index (Phi) is 2.52. The van der Waals surface area contributed by atoms with E-state index in [9.17, 15) is 5.11 Å². The zero-order valence-electron chi connectivity index (χ0n) is 10.7. The Bertz CT molecular complexity index is 563. The Hall–Kier alpha value is -1.62. The first-order chi connectivity index (χ1) is 8.55. The van der Waals surface area contributed by atoms with E-state index in [0.29, 0.717) is 5.82 Å². The van der Waals surface area contributed by atoms with E-state index in [1.807, 2.05) is 6.07 Å². The van der Waals surface area contributed by atoms with Crippen molar-refractivity contribution < 1.29 is 9.63 Å². The molecule has 0 amide bonds. The topological polar surface area (TPSA) is 64.1 Å². The fraction of sp³-hybridized carbons (Fsp3) is 0.538. The molecule has 0 unspecified atom stereocenters. The van der Waals surface area contributed by atoms with Gasteiger partial charge in [-0.15, -0.1) is 0 Å². The Morgan fingerprint density at radius 1 is 1.39 bits per heavy atom. The number of nitrogens with zero attached hydrogens (tertiary/aromatic N) is 3. The van der Waals surface area contributed by atoms with Crippen LogP contribution in [0.5, 0.6) is 0 Å². The molecule has 0 spiro atoms. The molecular formula is C13H17N3O2. The predicted octanol–water partition coefficient (Wildman–Crippen LogP) is 2.10. The van der Waals surface area contributed by atoms with E-state index in [0.717, 1.165) is 18.5 Å². The number of aliphatic hydroxyl groups is 1. The van der Waals surface area contributed by atoms with Gasteiger partial charge in [0.25, 0.3) is 5.89 Å². The summed E-state index contributed by atoms with van der Waals surface area (Å²) in [5, 5.41) is 13.8. The predicted molar refractivity (Wildman–Crippen MR) is 65.9 cm³/mol. The Morgan fingerprint density at radius 2 is 2.22 bits per heavy atom. The molecule has 5 nitrogen and oxygen atoms in total. The smallest absolute Gasteiger partial charge is 0.258 e. The van der Waals surface area contributed by atoms with Gasteiger partial charge >= 0.3 is 0 Å². The highest BCUT2D eigenvalue weighted by molar-refractivity contribution is 5.58. The summed E-state index contributed by atoms with van der Waals surface area (Å²) < 4.78 is 7.37. The van der Waals surface area contributed by atoms with Gasteiger partial charge < -0.3 is 14.2 Å². The molecule has 1 aliphatic heterocycles. The third-order valence-corrected chi connectivity index (χ3v) is 3.33. The van der Waals surface area contributed by atoms with Gasteiger partial charge in [0.15, 0.2) is 0 Å². The van der Waals surface area contributed by atoms with E-state index in [1.165, 1.54) is 18.5 Å². The molecule has 5 heteroatoms. The van der Waals surface area contributed by atoms with Crippen LogP contribution in [0, 0.1) is 0 Å². The minimum Gasteiger partial charge on any atom is -0.381 e. The number of aryl methyl sites for hydroxylation is 1. The molecule has 1 N–H and O–H groups in total. The summed E-state index contributed by atoms with van der Waals surface area (Å²) in [5.74, 6) is 0.830. The van der Waals surface area contributed by atoms with Crippen molar-refractivity contribution >= 4 is 0 Å². The monoisotopic (exact) mass is 247 g/mol. The lowest BCUT2D eigenvalue weighted by Gasteiger charge is -2.15. The van der Waals surface area contributed by atoms with Crippen molar-refractivity contribution in [3.63, 3.8) is 0 Å². The summed E-state index contributed by atoms with van der Waals surface area (Å²) in [7, 11) is 0. The van der Waals surface area contributed by atoms with Gasteiger partial charge in [-0.3, -0.25) is 0 Å². The number of rotatable bonds is 2. The van der Waals surface area contributed by atoms with Crippen LogP contribution in [-0.4, -0.2) is 19.8 Å². The van der Waals surface area contributed by atoms with Crippen LogP contribution in [-0.2, 0) is 18.6 Å². The fourth-order valence-corrected chi connectivity index (χ4v) is 2.35. The summed E-state index contributed by atoms with van der Waals surface area (Å²) >= 11 is 0. The van der Waals surface area contributed by atoms with E-state index >= 15 is 0 Å². The second-order valence-electron chi connectivity index (χ2n) is 5.31. The number of hydrogen-bond acceptors (Lipinski definition) is 4. The van der Waals surface area contributed by atoms with Crippen LogP contribution >= 0.6 is 0 Å².